The molecular formula is C32H37N5O4S. The summed E-state index contributed by atoms with van der Waals surface area (Å²) in [6, 6.07) is 14.0. The molecule has 4 aromatic rings. The van der Waals surface area contributed by atoms with Gasteiger partial charge in [-0.25, -0.2) is 14.8 Å². The van der Waals surface area contributed by atoms with Crippen LogP contribution in [0.5, 0.6) is 0 Å². The van der Waals surface area contributed by atoms with E-state index in [9.17, 15) is 9.59 Å². The molecule has 9 nitrogen and oxygen atoms in total. The van der Waals surface area contributed by atoms with Crippen molar-refractivity contribution in [1.82, 2.24) is 24.4 Å². The Labute approximate surface area is 250 Å². The summed E-state index contributed by atoms with van der Waals surface area (Å²) >= 11 is 1.42. The minimum absolute atomic E-state index is 0.164. The number of carbonyl (C=O) groups is 1. The van der Waals surface area contributed by atoms with E-state index in [4.69, 9.17) is 14.5 Å². The molecule has 1 aromatic carbocycles. The Kier molecular flexibility index (Phi) is 8.65. The normalized spacial score (nSPS) is 15.7. The highest BCUT2D eigenvalue weighted by Gasteiger charge is 2.29. The number of aryl methyl sites for hydroxylation is 2. The van der Waals surface area contributed by atoms with Crippen LogP contribution in [-0.4, -0.2) is 68.2 Å². The van der Waals surface area contributed by atoms with Crippen molar-refractivity contribution < 1.29 is 14.3 Å². The van der Waals surface area contributed by atoms with E-state index in [1.54, 1.807) is 15.7 Å². The lowest BCUT2D eigenvalue weighted by Crippen LogP contribution is -2.49. The fraction of sp³-hybridized carbons (Fsp3) is 0.406. The standard InChI is InChI=1S/C32H37N5O4S/c1-7-21-15-22(27-10-8-9-20(2)34-27)11-12-25(21)26-16-23-17-33-30(42-6)35-28(23)37(29(26)38)19-24-18-36(13-14-40-24)31(39)41-32(3,4)5/h8-12,15-17,24H,7,13-14,18-19H2,1-6H3. The number of fused-ring (bicyclic) bond motifs is 1. The predicted molar refractivity (Wildman–Crippen MR) is 166 cm³/mol. The molecule has 1 aliphatic heterocycles. The van der Waals surface area contributed by atoms with E-state index in [-0.39, 0.29) is 18.2 Å². The Bertz CT molecular complexity index is 1680. The average molecular weight is 588 g/mol. The lowest BCUT2D eigenvalue weighted by Gasteiger charge is -2.34. The monoisotopic (exact) mass is 587 g/mol. The van der Waals surface area contributed by atoms with Crippen LogP contribution in [0.2, 0.25) is 0 Å². The average Bonchev–Trinajstić information content (AvgIpc) is 2.97. The van der Waals surface area contributed by atoms with Crippen LogP contribution < -0.4 is 5.56 Å². The van der Waals surface area contributed by atoms with Gasteiger partial charge >= 0.3 is 6.09 Å². The molecule has 0 radical (unpaired) electrons. The van der Waals surface area contributed by atoms with Crippen molar-refractivity contribution in [1.29, 1.82) is 0 Å². The Morgan fingerprint density at radius 3 is 2.67 bits per heavy atom. The third-order valence-electron chi connectivity index (χ3n) is 7.12. The molecule has 5 rings (SSSR count). The molecule has 0 aliphatic carbocycles. The molecule has 4 heterocycles. The number of nitrogens with zero attached hydrogens (tertiary/aromatic N) is 5. The van der Waals surface area contributed by atoms with E-state index in [0.29, 0.717) is 36.1 Å². The van der Waals surface area contributed by atoms with Gasteiger partial charge in [-0.05, 0) is 75.8 Å². The molecule has 1 amide bonds. The molecule has 220 valence electrons. The number of rotatable bonds is 6. The molecule has 0 spiro atoms. The van der Waals surface area contributed by atoms with Crippen molar-refractivity contribution in [2.24, 2.45) is 0 Å². The van der Waals surface area contributed by atoms with Crippen LogP contribution in [0.25, 0.3) is 33.4 Å². The summed E-state index contributed by atoms with van der Waals surface area (Å²) in [5, 5.41) is 1.33. The van der Waals surface area contributed by atoms with E-state index in [1.165, 1.54) is 11.8 Å². The third kappa shape index (κ3) is 6.50. The van der Waals surface area contributed by atoms with Gasteiger partial charge in [0.15, 0.2) is 5.16 Å². The maximum absolute atomic E-state index is 14.3. The summed E-state index contributed by atoms with van der Waals surface area (Å²) in [5.41, 5.74) is 5.12. The van der Waals surface area contributed by atoms with Gasteiger partial charge in [0.2, 0.25) is 0 Å². The number of thioether (sulfide) groups is 1. The Morgan fingerprint density at radius 1 is 1.14 bits per heavy atom. The summed E-state index contributed by atoms with van der Waals surface area (Å²) in [4.78, 5) is 42.5. The van der Waals surface area contributed by atoms with Crippen LogP contribution >= 0.6 is 11.8 Å². The van der Waals surface area contributed by atoms with Gasteiger partial charge < -0.3 is 14.4 Å². The summed E-state index contributed by atoms with van der Waals surface area (Å²) in [6.07, 6.45) is 3.61. The lowest BCUT2D eigenvalue weighted by molar-refractivity contribution is -0.0472. The van der Waals surface area contributed by atoms with E-state index < -0.39 is 11.7 Å². The van der Waals surface area contributed by atoms with Crippen molar-refractivity contribution in [2.45, 2.75) is 64.4 Å². The fourth-order valence-corrected chi connectivity index (χ4v) is 5.48. The third-order valence-corrected chi connectivity index (χ3v) is 7.69. The van der Waals surface area contributed by atoms with Crippen LogP contribution in [0, 0.1) is 6.92 Å². The maximum atomic E-state index is 14.3. The minimum Gasteiger partial charge on any atom is -0.444 e. The molecule has 10 heteroatoms. The SMILES string of the molecule is CCc1cc(-c2cccc(C)n2)ccc1-c1cc2cnc(SC)nc2n(CC2CN(C(=O)OC(C)(C)C)CCO2)c1=O. The minimum atomic E-state index is -0.598. The molecule has 0 saturated carbocycles. The fourth-order valence-electron chi connectivity index (χ4n) is 5.14. The van der Waals surface area contributed by atoms with Gasteiger partial charge in [0.25, 0.3) is 5.56 Å². The number of carbonyl (C=O) groups excluding carboxylic acids is 1. The number of pyridine rings is 2. The topological polar surface area (TPSA) is 99.4 Å². The number of ether oxygens (including phenoxy) is 2. The summed E-state index contributed by atoms with van der Waals surface area (Å²) < 4.78 is 13.3. The molecule has 1 fully saturated rings. The molecule has 0 N–H and O–H groups in total. The van der Waals surface area contributed by atoms with Crippen LogP contribution in [0.15, 0.2) is 58.6 Å². The van der Waals surface area contributed by atoms with Crippen molar-refractivity contribution in [3.63, 3.8) is 0 Å². The first-order chi connectivity index (χ1) is 20.1. The number of aromatic nitrogens is 4. The Balaban J connectivity index is 1.56. The second-order valence-electron chi connectivity index (χ2n) is 11.4. The van der Waals surface area contributed by atoms with Gasteiger partial charge in [0, 0.05) is 34.9 Å². The van der Waals surface area contributed by atoms with Crippen LogP contribution in [-0.2, 0) is 22.4 Å². The highest BCUT2D eigenvalue weighted by atomic mass is 32.2. The van der Waals surface area contributed by atoms with E-state index in [0.717, 1.165) is 39.9 Å². The zero-order chi connectivity index (χ0) is 30.0. The summed E-state index contributed by atoms with van der Waals surface area (Å²) in [6.45, 7) is 10.9. The van der Waals surface area contributed by atoms with Gasteiger partial charge in [-0.3, -0.25) is 14.3 Å². The summed E-state index contributed by atoms with van der Waals surface area (Å²) in [7, 11) is 0. The Morgan fingerprint density at radius 2 is 1.95 bits per heavy atom. The van der Waals surface area contributed by atoms with E-state index in [2.05, 4.69) is 23.0 Å². The molecule has 0 bridgehead atoms. The van der Waals surface area contributed by atoms with Crippen LogP contribution in [0.4, 0.5) is 4.79 Å². The largest absolute Gasteiger partial charge is 0.444 e. The van der Waals surface area contributed by atoms with Gasteiger partial charge in [-0.15, -0.1) is 0 Å². The highest BCUT2D eigenvalue weighted by Crippen LogP contribution is 2.29. The second kappa shape index (κ2) is 12.2. The number of hydrogen-bond acceptors (Lipinski definition) is 8. The number of benzene rings is 1. The first kappa shape index (κ1) is 29.7. The van der Waals surface area contributed by atoms with E-state index >= 15 is 0 Å². The first-order valence-electron chi connectivity index (χ1n) is 14.2. The molecule has 1 unspecified atom stereocenters. The number of morpholine rings is 1. The molecule has 1 saturated heterocycles. The van der Waals surface area contributed by atoms with Crippen molar-refractivity contribution in [2.75, 3.05) is 26.0 Å². The highest BCUT2D eigenvalue weighted by molar-refractivity contribution is 7.98. The zero-order valence-corrected chi connectivity index (χ0v) is 25.8. The second-order valence-corrected chi connectivity index (χ2v) is 12.2. The molecule has 3 aromatic heterocycles. The molecular weight excluding hydrogens is 550 g/mol. The van der Waals surface area contributed by atoms with Gasteiger partial charge in [0.05, 0.1) is 31.5 Å². The van der Waals surface area contributed by atoms with Crippen molar-refractivity contribution in [3.05, 3.63) is 70.3 Å². The van der Waals surface area contributed by atoms with E-state index in [1.807, 2.05) is 70.3 Å². The van der Waals surface area contributed by atoms with Crippen molar-refractivity contribution in [3.8, 4) is 22.4 Å². The molecule has 1 aliphatic rings. The predicted octanol–water partition coefficient (Wildman–Crippen LogP) is 5.75. The van der Waals surface area contributed by atoms with Gasteiger partial charge in [0.1, 0.15) is 11.2 Å². The van der Waals surface area contributed by atoms with Crippen LogP contribution in [0.1, 0.15) is 39.0 Å². The Hall–Kier alpha value is -3.76. The maximum Gasteiger partial charge on any atom is 0.410 e. The smallest absolute Gasteiger partial charge is 0.410 e. The number of hydrogen-bond donors (Lipinski definition) is 0. The quantitative estimate of drug-likeness (QED) is 0.208. The molecule has 1 atom stereocenters. The van der Waals surface area contributed by atoms with Gasteiger partial charge in [-0.1, -0.05) is 36.9 Å². The van der Waals surface area contributed by atoms with Crippen LogP contribution in [0.3, 0.4) is 0 Å². The first-order valence-corrected chi connectivity index (χ1v) is 15.4. The lowest BCUT2D eigenvalue weighted by atomic mass is 9.95. The van der Waals surface area contributed by atoms with Crippen molar-refractivity contribution >= 4 is 28.9 Å². The molecule has 42 heavy (non-hydrogen) atoms. The summed E-state index contributed by atoms with van der Waals surface area (Å²) in [5.74, 6) is 0. The van der Waals surface area contributed by atoms with Gasteiger partial charge in [-0.2, -0.15) is 0 Å². The number of amides is 1. The zero-order valence-electron chi connectivity index (χ0n) is 25.0.